The third-order valence-electron chi connectivity index (χ3n) is 4.25. The molecule has 1 aliphatic heterocycles. The first kappa shape index (κ1) is 15.2. The van der Waals surface area contributed by atoms with Crippen LogP contribution < -0.4 is 4.31 Å². The fraction of sp³-hybridized carbons (Fsp3) is 0.278. The van der Waals surface area contributed by atoms with Crippen LogP contribution in [0.2, 0.25) is 0 Å². The van der Waals surface area contributed by atoms with Crippen LogP contribution in [-0.2, 0) is 22.0 Å². The number of hydrogen-bond acceptors (Lipinski definition) is 4. The third-order valence-corrected chi connectivity index (χ3v) is 6.05. The minimum atomic E-state index is -3.59. The molecule has 5 nitrogen and oxygen atoms in total. The summed E-state index contributed by atoms with van der Waals surface area (Å²) in [4.78, 5) is 4.61. The standard InChI is InChI=1S/C18H18N2O3S/c1-18(2,3)15-10-19-16(23-15)11-20-13-8-4-6-12-7-5-9-14(17(12)13)24(20,21)22/h4-10H,11H2,1-3H3. The zero-order valence-corrected chi connectivity index (χ0v) is 14.6. The molecule has 0 bridgehead atoms. The van der Waals surface area contributed by atoms with Crippen molar-refractivity contribution in [1.82, 2.24) is 4.98 Å². The van der Waals surface area contributed by atoms with Gasteiger partial charge in [-0.2, -0.15) is 0 Å². The number of oxazole rings is 1. The van der Waals surface area contributed by atoms with Crippen molar-refractivity contribution in [3.8, 4) is 0 Å². The molecular formula is C18H18N2O3S. The number of anilines is 1. The van der Waals surface area contributed by atoms with E-state index in [-0.39, 0.29) is 12.0 Å². The Hall–Kier alpha value is -2.34. The second-order valence-corrected chi connectivity index (χ2v) is 8.84. The van der Waals surface area contributed by atoms with Gasteiger partial charge in [-0.1, -0.05) is 45.0 Å². The Morgan fingerprint density at radius 3 is 2.50 bits per heavy atom. The second kappa shape index (κ2) is 4.83. The number of hydrogen-bond donors (Lipinski definition) is 0. The minimum Gasteiger partial charge on any atom is -0.443 e. The van der Waals surface area contributed by atoms with Crippen LogP contribution in [0.25, 0.3) is 10.8 Å². The van der Waals surface area contributed by atoms with Gasteiger partial charge in [0.05, 0.1) is 16.8 Å². The molecular weight excluding hydrogens is 324 g/mol. The molecule has 0 aliphatic carbocycles. The highest BCUT2D eigenvalue weighted by atomic mass is 32.2. The summed E-state index contributed by atoms with van der Waals surface area (Å²) in [5.74, 6) is 1.14. The van der Waals surface area contributed by atoms with E-state index in [0.29, 0.717) is 16.5 Å². The van der Waals surface area contributed by atoms with E-state index in [0.717, 1.165) is 16.5 Å². The number of sulfonamides is 1. The summed E-state index contributed by atoms with van der Waals surface area (Å²) in [5, 5.41) is 1.68. The van der Waals surface area contributed by atoms with E-state index in [2.05, 4.69) is 4.98 Å². The molecule has 0 N–H and O–H groups in total. The Morgan fingerprint density at radius 1 is 1.12 bits per heavy atom. The SMILES string of the molecule is CC(C)(C)c1cnc(CN2c3cccc4cccc(c34)S2(=O)=O)o1. The molecule has 2 heterocycles. The topological polar surface area (TPSA) is 63.4 Å². The molecule has 2 aromatic carbocycles. The van der Waals surface area contributed by atoms with Gasteiger partial charge in [-0.25, -0.2) is 13.4 Å². The van der Waals surface area contributed by atoms with E-state index in [9.17, 15) is 8.42 Å². The van der Waals surface area contributed by atoms with E-state index < -0.39 is 10.0 Å². The average molecular weight is 342 g/mol. The van der Waals surface area contributed by atoms with Crippen molar-refractivity contribution in [2.24, 2.45) is 0 Å². The van der Waals surface area contributed by atoms with Crippen LogP contribution in [0.1, 0.15) is 32.4 Å². The molecule has 1 aromatic heterocycles. The molecule has 124 valence electrons. The Balaban J connectivity index is 1.80. The fourth-order valence-electron chi connectivity index (χ4n) is 2.98. The molecule has 0 amide bonds. The van der Waals surface area contributed by atoms with Gasteiger partial charge in [0, 0.05) is 10.8 Å². The van der Waals surface area contributed by atoms with Crippen LogP contribution in [0, 0.1) is 0 Å². The van der Waals surface area contributed by atoms with E-state index in [1.165, 1.54) is 4.31 Å². The van der Waals surface area contributed by atoms with E-state index in [1.54, 1.807) is 18.3 Å². The summed E-state index contributed by atoms with van der Waals surface area (Å²) in [7, 11) is -3.59. The monoisotopic (exact) mass is 342 g/mol. The maximum atomic E-state index is 12.9. The Kier molecular flexibility index (Phi) is 3.06. The first-order valence-electron chi connectivity index (χ1n) is 7.78. The number of rotatable bonds is 2. The molecule has 0 atom stereocenters. The highest BCUT2D eigenvalue weighted by Gasteiger charge is 2.36. The lowest BCUT2D eigenvalue weighted by molar-refractivity contribution is 0.383. The van der Waals surface area contributed by atoms with Crippen molar-refractivity contribution in [1.29, 1.82) is 0 Å². The van der Waals surface area contributed by atoms with Crippen LogP contribution in [0.3, 0.4) is 0 Å². The molecule has 0 saturated heterocycles. The van der Waals surface area contributed by atoms with Gasteiger partial charge in [0.25, 0.3) is 10.0 Å². The summed E-state index contributed by atoms with van der Waals surface area (Å²) in [6.07, 6.45) is 1.67. The van der Waals surface area contributed by atoms with Gasteiger partial charge >= 0.3 is 0 Å². The van der Waals surface area contributed by atoms with Crippen molar-refractivity contribution >= 4 is 26.5 Å². The van der Waals surface area contributed by atoms with Crippen molar-refractivity contribution in [3.63, 3.8) is 0 Å². The van der Waals surface area contributed by atoms with Crippen molar-refractivity contribution < 1.29 is 12.8 Å². The van der Waals surface area contributed by atoms with Crippen LogP contribution >= 0.6 is 0 Å². The normalized spacial score (nSPS) is 16.0. The Bertz CT molecular complexity index is 1040. The third kappa shape index (κ3) is 2.13. The smallest absolute Gasteiger partial charge is 0.265 e. The van der Waals surface area contributed by atoms with Crippen LogP contribution in [-0.4, -0.2) is 13.4 Å². The van der Waals surface area contributed by atoms with Gasteiger partial charge < -0.3 is 4.42 Å². The fourth-order valence-corrected chi connectivity index (χ4v) is 4.64. The molecule has 0 saturated carbocycles. The first-order chi connectivity index (χ1) is 11.3. The van der Waals surface area contributed by atoms with Gasteiger partial charge in [-0.3, -0.25) is 4.31 Å². The molecule has 24 heavy (non-hydrogen) atoms. The lowest BCUT2D eigenvalue weighted by atomic mass is 9.94. The molecule has 0 radical (unpaired) electrons. The molecule has 6 heteroatoms. The zero-order chi connectivity index (χ0) is 17.1. The van der Waals surface area contributed by atoms with Gasteiger partial charge in [-0.05, 0) is 17.5 Å². The summed E-state index contributed by atoms with van der Waals surface area (Å²) >= 11 is 0. The lowest BCUT2D eigenvalue weighted by Gasteiger charge is -2.17. The number of aromatic nitrogens is 1. The highest BCUT2D eigenvalue weighted by molar-refractivity contribution is 7.93. The predicted molar refractivity (Wildman–Crippen MR) is 92.5 cm³/mol. The molecule has 4 rings (SSSR count). The Morgan fingerprint density at radius 2 is 1.83 bits per heavy atom. The maximum Gasteiger partial charge on any atom is 0.265 e. The van der Waals surface area contributed by atoms with Crippen molar-refractivity contribution in [2.75, 3.05) is 4.31 Å². The van der Waals surface area contributed by atoms with E-state index in [1.807, 2.05) is 45.0 Å². The summed E-state index contributed by atoms with van der Waals surface area (Å²) in [5.41, 5.74) is 0.511. The number of nitrogens with zero attached hydrogens (tertiary/aromatic N) is 2. The predicted octanol–water partition coefficient (Wildman–Crippen LogP) is 3.83. The van der Waals surface area contributed by atoms with Crippen LogP contribution in [0.15, 0.2) is 51.9 Å². The average Bonchev–Trinajstić information content (AvgIpc) is 3.07. The molecule has 0 fully saturated rings. The van der Waals surface area contributed by atoms with E-state index in [4.69, 9.17) is 4.42 Å². The highest BCUT2D eigenvalue weighted by Crippen LogP contribution is 2.42. The zero-order valence-electron chi connectivity index (χ0n) is 13.8. The lowest BCUT2D eigenvalue weighted by Crippen LogP contribution is -2.26. The summed E-state index contributed by atoms with van der Waals surface area (Å²) < 4.78 is 33.0. The maximum absolute atomic E-state index is 12.9. The van der Waals surface area contributed by atoms with Crippen LogP contribution in [0.4, 0.5) is 5.69 Å². The minimum absolute atomic E-state index is 0.0895. The van der Waals surface area contributed by atoms with Crippen molar-refractivity contribution in [3.05, 3.63) is 54.2 Å². The quantitative estimate of drug-likeness (QED) is 0.710. The van der Waals surface area contributed by atoms with E-state index >= 15 is 0 Å². The largest absolute Gasteiger partial charge is 0.443 e. The second-order valence-electron chi connectivity index (χ2n) is 7.01. The molecule has 0 unspecified atom stereocenters. The van der Waals surface area contributed by atoms with Gasteiger partial charge in [0.1, 0.15) is 12.3 Å². The number of benzene rings is 2. The van der Waals surface area contributed by atoms with Crippen molar-refractivity contribution in [2.45, 2.75) is 37.6 Å². The summed E-state index contributed by atoms with van der Waals surface area (Å²) in [6, 6.07) is 11.0. The molecule has 3 aromatic rings. The Labute approximate surface area is 141 Å². The van der Waals surface area contributed by atoms with Gasteiger partial charge in [0.2, 0.25) is 5.89 Å². The van der Waals surface area contributed by atoms with Gasteiger partial charge in [0.15, 0.2) is 0 Å². The molecule has 0 spiro atoms. The van der Waals surface area contributed by atoms with Crippen LogP contribution in [0.5, 0.6) is 0 Å². The first-order valence-corrected chi connectivity index (χ1v) is 9.22. The van der Waals surface area contributed by atoms with Gasteiger partial charge in [-0.15, -0.1) is 0 Å². The summed E-state index contributed by atoms with van der Waals surface area (Å²) in [6.45, 7) is 6.17. The molecule has 1 aliphatic rings.